The highest BCUT2D eigenvalue weighted by molar-refractivity contribution is 7.90. The lowest BCUT2D eigenvalue weighted by Crippen LogP contribution is -2.20. The van der Waals surface area contributed by atoms with Gasteiger partial charge in [0.25, 0.3) is 10.0 Å². The van der Waals surface area contributed by atoms with Crippen molar-refractivity contribution in [2.75, 3.05) is 7.11 Å². The van der Waals surface area contributed by atoms with Crippen LogP contribution in [0.15, 0.2) is 53.4 Å². The molecule has 0 aliphatic rings. The van der Waals surface area contributed by atoms with Gasteiger partial charge in [-0.05, 0) is 37.6 Å². The van der Waals surface area contributed by atoms with Crippen molar-refractivity contribution < 1.29 is 17.9 Å². The van der Waals surface area contributed by atoms with Gasteiger partial charge in [0.2, 0.25) is 0 Å². The van der Waals surface area contributed by atoms with Crippen LogP contribution in [0.2, 0.25) is 0 Å². The first-order chi connectivity index (χ1) is 11.4. The number of rotatable bonds is 3. The van der Waals surface area contributed by atoms with Crippen molar-refractivity contribution in [3.63, 3.8) is 0 Å². The first-order valence-electron chi connectivity index (χ1n) is 7.38. The number of methoxy groups -OCH3 is 1. The number of aryl methyl sites for hydroxylation is 2. The molecule has 3 rings (SSSR count). The fourth-order valence-corrected chi connectivity index (χ4v) is 4.33. The average Bonchev–Trinajstić information content (AvgIpc) is 2.88. The summed E-state index contributed by atoms with van der Waals surface area (Å²) in [5, 5.41) is 0.702. The summed E-state index contributed by atoms with van der Waals surface area (Å²) in [6.45, 7) is 3.60. The van der Waals surface area contributed by atoms with E-state index in [1.807, 2.05) is 6.92 Å². The number of para-hydroxylation sites is 1. The molecule has 0 bridgehead atoms. The molecule has 0 radical (unpaired) electrons. The van der Waals surface area contributed by atoms with Gasteiger partial charge < -0.3 is 4.74 Å². The van der Waals surface area contributed by atoms with Crippen LogP contribution in [0.1, 0.15) is 21.6 Å². The van der Waals surface area contributed by atoms with Gasteiger partial charge in [0.15, 0.2) is 0 Å². The highest BCUT2D eigenvalue weighted by Gasteiger charge is 2.29. The maximum Gasteiger partial charge on any atom is 0.356 e. The molecule has 5 nitrogen and oxygen atoms in total. The zero-order chi connectivity index (χ0) is 17.5. The lowest BCUT2D eigenvalue weighted by atomic mass is 10.1. The van der Waals surface area contributed by atoms with Gasteiger partial charge in [-0.25, -0.2) is 17.2 Å². The monoisotopic (exact) mass is 343 g/mol. The number of carbonyl (C=O) groups excluding carboxylic acids is 1. The molecule has 0 aliphatic carbocycles. The molecule has 24 heavy (non-hydrogen) atoms. The van der Waals surface area contributed by atoms with E-state index in [4.69, 9.17) is 4.74 Å². The number of aromatic nitrogens is 1. The third-order valence-electron chi connectivity index (χ3n) is 4.02. The largest absolute Gasteiger partial charge is 0.464 e. The lowest BCUT2D eigenvalue weighted by Gasteiger charge is -2.11. The Morgan fingerprint density at radius 2 is 1.62 bits per heavy atom. The third kappa shape index (κ3) is 2.39. The van der Waals surface area contributed by atoms with E-state index in [2.05, 4.69) is 0 Å². The van der Waals surface area contributed by atoms with Crippen molar-refractivity contribution >= 4 is 26.9 Å². The molecule has 0 unspecified atom stereocenters. The van der Waals surface area contributed by atoms with Crippen molar-refractivity contribution in [2.24, 2.45) is 0 Å². The zero-order valence-electron chi connectivity index (χ0n) is 13.6. The minimum absolute atomic E-state index is 0.0271. The summed E-state index contributed by atoms with van der Waals surface area (Å²) >= 11 is 0. The highest BCUT2D eigenvalue weighted by atomic mass is 32.2. The van der Waals surface area contributed by atoms with Crippen LogP contribution in [-0.4, -0.2) is 25.5 Å². The Balaban J connectivity index is 2.40. The van der Waals surface area contributed by atoms with E-state index < -0.39 is 16.0 Å². The fourth-order valence-electron chi connectivity index (χ4n) is 2.77. The van der Waals surface area contributed by atoms with Crippen molar-refractivity contribution in [1.29, 1.82) is 0 Å². The van der Waals surface area contributed by atoms with E-state index in [0.29, 0.717) is 16.5 Å². The van der Waals surface area contributed by atoms with Gasteiger partial charge in [0.1, 0.15) is 5.69 Å². The van der Waals surface area contributed by atoms with Crippen molar-refractivity contribution in [3.05, 3.63) is 65.4 Å². The lowest BCUT2D eigenvalue weighted by molar-refractivity contribution is 0.0592. The highest BCUT2D eigenvalue weighted by Crippen LogP contribution is 2.30. The molecule has 0 spiro atoms. The van der Waals surface area contributed by atoms with E-state index in [1.165, 1.54) is 19.2 Å². The van der Waals surface area contributed by atoms with E-state index in [0.717, 1.165) is 9.54 Å². The van der Waals surface area contributed by atoms with Gasteiger partial charge in [0, 0.05) is 5.39 Å². The molecular weight excluding hydrogens is 326 g/mol. The van der Waals surface area contributed by atoms with Gasteiger partial charge in [-0.3, -0.25) is 0 Å². The van der Waals surface area contributed by atoms with Crippen LogP contribution < -0.4 is 0 Å². The van der Waals surface area contributed by atoms with Gasteiger partial charge >= 0.3 is 5.97 Å². The number of benzene rings is 2. The van der Waals surface area contributed by atoms with E-state index in [-0.39, 0.29) is 10.6 Å². The zero-order valence-corrected chi connectivity index (χ0v) is 14.4. The Labute approximate surface area is 140 Å². The third-order valence-corrected chi connectivity index (χ3v) is 5.75. The molecule has 1 heterocycles. The van der Waals surface area contributed by atoms with Crippen molar-refractivity contribution in [2.45, 2.75) is 18.7 Å². The molecule has 6 heteroatoms. The van der Waals surface area contributed by atoms with Crippen LogP contribution in [-0.2, 0) is 14.8 Å². The number of carbonyl (C=O) groups is 1. The van der Waals surface area contributed by atoms with Crippen LogP contribution in [0.3, 0.4) is 0 Å². The summed E-state index contributed by atoms with van der Waals surface area (Å²) in [5.74, 6) is -0.681. The van der Waals surface area contributed by atoms with E-state index >= 15 is 0 Å². The second-order valence-corrected chi connectivity index (χ2v) is 7.35. The number of hydrogen-bond acceptors (Lipinski definition) is 4. The predicted octanol–water partition coefficient (Wildman–Crippen LogP) is 3.28. The number of nitrogens with zero attached hydrogens (tertiary/aromatic N) is 1. The maximum atomic E-state index is 13.2. The molecule has 0 aliphatic heterocycles. The molecule has 0 saturated heterocycles. The fraction of sp³-hybridized carbons (Fsp3) is 0.167. The van der Waals surface area contributed by atoms with Gasteiger partial charge in [0.05, 0.1) is 17.5 Å². The van der Waals surface area contributed by atoms with Crippen molar-refractivity contribution in [1.82, 2.24) is 3.97 Å². The minimum Gasteiger partial charge on any atom is -0.464 e. The summed E-state index contributed by atoms with van der Waals surface area (Å²) < 4.78 is 32.2. The quantitative estimate of drug-likeness (QED) is 0.685. The summed E-state index contributed by atoms with van der Waals surface area (Å²) in [5.41, 5.74) is 2.01. The number of esters is 1. The molecule has 0 N–H and O–H groups in total. The van der Waals surface area contributed by atoms with Crippen LogP contribution in [0.4, 0.5) is 0 Å². The van der Waals surface area contributed by atoms with Crippen LogP contribution in [0, 0.1) is 13.8 Å². The molecule has 3 aromatic rings. The number of ether oxygens (including phenoxy) is 1. The molecule has 0 atom stereocenters. The summed E-state index contributed by atoms with van der Waals surface area (Å²) in [6, 6.07) is 13.5. The Morgan fingerprint density at radius 3 is 2.25 bits per heavy atom. The first kappa shape index (κ1) is 16.3. The van der Waals surface area contributed by atoms with Crippen molar-refractivity contribution in [3.8, 4) is 0 Å². The van der Waals surface area contributed by atoms with Gasteiger partial charge in [-0.15, -0.1) is 0 Å². The number of fused-ring (bicyclic) bond motifs is 1. The summed E-state index contributed by atoms with van der Waals surface area (Å²) in [6.07, 6.45) is 0. The Morgan fingerprint density at radius 1 is 1.00 bits per heavy atom. The summed E-state index contributed by atoms with van der Waals surface area (Å²) in [4.78, 5) is 12.4. The van der Waals surface area contributed by atoms with Gasteiger partial charge in [-0.1, -0.05) is 35.9 Å². The average molecular weight is 343 g/mol. The van der Waals surface area contributed by atoms with Crippen LogP contribution in [0.25, 0.3) is 10.9 Å². The van der Waals surface area contributed by atoms with Crippen LogP contribution >= 0.6 is 0 Å². The SMILES string of the molecule is COC(=O)c1c(C)c2ccccc2n1S(=O)(=O)c1ccc(C)cc1. The van der Waals surface area contributed by atoms with E-state index in [9.17, 15) is 13.2 Å². The topological polar surface area (TPSA) is 65.4 Å². The molecule has 1 aromatic heterocycles. The normalized spacial score (nSPS) is 11.6. The standard InChI is InChI=1S/C18H17NO4S/c1-12-8-10-14(11-9-12)24(21,22)19-16-7-5-4-6-15(16)13(2)17(19)18(20)23-3/h4-11H,1-3H3. The first-order valence-corrected chi connectivity index (χ1v) is 8.82. The maximum absolute atomic E-state index is 13.2. The molecule has 2 aromatic carbocycles. The molecular formula is C18H17NO4S. The van der Waals surface area contributed by atoms with E-state index in [1.54, 1.807) is 43.3 Å². The minimum atomic E-state index is -3.93. The predicted molar refractivity (Wildman–Crippen MR) is 91.8 cm³/mol. The smallest absolute Gasteiger partial charge is 0.356 e. The Bertz CT molecular complexity index is 1030. The Hall–Kier alpha value is -2.60. The second kappa shape index (κ2) is 5.79. The molecule has 0 fully saturated rings. The summed E-state index contributed by atoms with van der Waals surface area (Å²) in [7, 11) is -2.69. The van der Waals surface area contributed by atoms with Crippen LogP contribution in [0.5, 0.6) is 0 Å². The molecule has 0 saturated carbocycles. The Kier molecular flexibility index (Phi) is 3.93. The van der Waals surface area contributed by atoms with Gasteiger partial charge in [-0.2, -0.15) is 0 Å². The molecule has 0 amide bonds. The second-order valence-electron chi connectivity index (χ2n) is 5.56. The number of hydrogen-bond donors (Lipinski definition) is 0. The molecule has 124 valence electrons.